The number of nitrogens with one attached hydrogen (secondary N) is 12. The van der Waals surface area contributed by atoms with Crippen LogP contribution < -0.4 is 76.7 Å². The van der Waals surface area contributed by atoms with Crippen molar-refractivity contribution < 1.29 is 116 Å². The normalized spacial score (nSPS) is 29.4. The van der Waals surface area contributed by atoms with Crippen molar-refractivity contribution in [2.24, 2.45) is 68.7 Å². The molecule has 768 valence electrons. The number of cyclic esters (lactones) is 1. The number of fused-ring (bicyclic) bond motifs is 18. The van der Waals surface area contributed by atoms with Gasteiger partial charge in [-0.25, -0.2) is 35.5 Å². The molecular weight excluding hydrogens is 1960 g/mol. The Morgan fingerprint density at radius 2 is 0.687 bits per heavy atom. The Morgan fingerprint density at radius 1 is 0.361 bits per heavy atom. The van der Waals surface area contributed by atoms with E-state index in [0.717, 1.165) is 66.8 Å². The van der Waals surface area contributed by atoms with Crippen LogP contribution in [0.2, 0.25) is 0 Å². The summed E-state index contributed by atoms with van der Waals surface area (Å²) in [6.45, 7) is 11.8. The minimum Gasteiger partial charge on any atom is -0.490 e. The maximum absolute atomic E-state index is 13.9. The second-order valence-corrected chi connectivity index (χ2v) is 44.9. The molecule has 9 fully saturated rings. The van der Waals surface area contributed by atoms with Gasteiger partial charge in [-0.2, -0.15) is 0 Å². The highest BCUT2D eigenvalue weighted by atomic mass is 32.2. The molecular formula is C104H109N15O25S3. The lowest BCUT2D eigenvalue weighted by molar-refractivity contribution is -0.137. The molecule has 15 atom stereocenters. The Labute approximate surface area is 845 Å². The lowest BCUT2D eigenvalue weighted by Crippen LogP contribution is -2.54. The smallest absolute Gasteiger partial charge is 0.426 e. The molecule has 12 bridgehead atoms. The zero-order chi connectivity index (χ0) is 103. The van der Waals surface area contributed by atoms with Crippen molar-refractivity contribution >= 4 is 118 Å². The fourth-order valence-electron chi connectivity index (χ4n) is 20.4. The third-order valence-electron chi connectivity index (χ3n) is 29.2. The monoisotopic (exact) mass is 2060 g/mol. The highest BCUT2D eigenvalue weighted by Gasteiger charge is 2.65. The molecule has 21 rings (SSSR count). The van der Waals surface area contributed by atoms with E-state index in [1.54, 1.807) is 24.3 Å². The lowest BCUT2D eigenvalue weighted by atomic mass is 9.93. The highest BCUT2D eigenvalue weighted by Crippen LogP contribution is 2.52. The molecule has 12 amide bonds. The standard InChI is InChI=1S/2C35H37N5O8S.C34H35N5O9S/c1-2-20-19-35(20,34(44)40-49(45,46)23-12-13-23)36-32(42)28-17-22-18-29(28)33(43)38-37-30(41)10-4-3-7-15-47-21-11-14-25-24-8-5-6-9-26(24)31(39-48-22)27(25)16-21;1-2-20-18-35(20,34(44)40-49(45,46)23-10-11-23)38-33(43)29-17-22-16-28(29)32(42)37-19-30(41)36-13-5-6-14-47-21-9-12-25-24-7-3-4-8-26(24)31(39-48-22)27(25)15-21;1-2-19-18-34(19,32(42)39-49(44,45)22-10-11-22)35-30(40)27-16-21-17-28(27)31(41)36-37-33(43)47-14-6-5-13-46-20-9-12-24-23-7-3-4-8-25(23)29(38-48-21)26(24)15-20/h2-3,5-9,11,14,16,20,22-23,28-29H,1,4,10,12-13,15,17-19H2,(H,36,42)(H,37,41)(H,38,43)(H,40,44);2-9,12,15,20,22-23,28-29H,1,10-11,13-14,16-19H2,(H,36,41)(H,37,42)(H,38,43)(H,40,44);2-9,12,15,19,21-22,27-28H,1,10-11,13-14,16-18H2,(H,35,40)(H,36,41)(H,37,43)(H,39,42)/b7-3+,39-31-;6-5+,39-31-;6-5-,38-29-/t20-,22-,28-,29-,35-;20-,22+,28-,29-,35-;19-,21-,27-,28-,34-/m111/s1. The third kappa shape index (κ3) is 21.5. The molecule has 9 saturated carbocycles. The molecule has 43 heteroatoms. The van der Waals surface area contributed by atoms with E-state index in [1.807, 2.05) is 140 Å². The van der Waals surface area contributed by atoms with Crippen LogP contribution in [0.1, 0.15) is 143 Å². The van der Waals surface area contributed by atoms with Crippen LogP contribution in [0.4, 0.5) is 4.79 Å². The van der Waals surface area contributed by atoms with E-state index in [0.29, 0.717) is 85.9 Å². The number of sulfonamides is 3. The summed E-state index contributed by atoms with van der Waals surface area (Å²) in [5.41, 5.74) is 17.4. The first-order valence-corrected chi connectivity index (χ1v) is 53.6. The number of carbonyl (C=O) groups is 12. The molecule has 40 nitrogen and oxygen atoms in total. The molecule has 3 aliphatic heterocycles. The molecule has 0 radical (unpaired) electrons. The van der Waals surface area contributed by atoms with Gasteiger partial charge in [-0.3, -0.25) is 83.2 Å². The number of hydrogen-bond acceptors (Lipinski definition) is 28. The minimum absolute atomic E-state index is 0.0461. The molecule has 12 N–H and O–H groups in total. The number of amides is 12. The van der Waals surface area contributed by atoms with Crippen molar-refractivity contribution in [3.05, 3.63) is 235 Å². The maximum Gasteiger partial charge on any atom is 0.426 e. The van der Waals surface area contributed by atoms with E-state index < -0.39 is 205 Å². The van der Waals surface area contributed by atoms with Gasteiger partial charge in [-0.05, 0) is 209 Å². The topological polar surface area (TPSA) is 553 Å². The number of hydrazine groups is 2. The third-order valence-corrected chi connectivity index (χ3v) is 34.7. The van der Waals surface area contributed by atoms with Gasteiger partial charge in [-0.15, -0.1) is 19.7 Å². The Morgan fingerprint density at radius 3 is 1.04 bits per heavy atom. The fourth-order valence-corrected chi connectivity index (χ4v) is 24.5. The maximum atomic E-state index is 13.9. The van der Waals surface area contributed by atoms with Gasteiger partial charge in [-0.1, -0.05) is 125 Å². The summed E-state index contributed by atoms with van der Waals surface area (Å²) in [6.07, 6.45) is 16.3. The molecule has 12 aliphatic carbocycles. The van der Waals surface area contributed by atoms with Crippen LogP contribution in [-0.2, 0) is 102 Å². The Hall–Kier alpha value is -15.1. The average Bonchev–Trinajstić information content (AvgIpc) is 1.58. The van der Waals surface area contributed by atoms with Crippen molar-refractivity contribution in [3.8, 4) is 50.6 Å². The summed E-state index contributed by atoms with van der Waals surface area (Å²) < 4.78 is 105. The van der Waals surface area contributed by atoms with Gasteiger partial charge in [0, 0.05) is 64.1 Å². The Bertz CT molecular complexity index is 6360. The highest BCUT2D eigenvalue weighted by molar-refractivity contribution is 7.91. The largest absolute Gasteiger partial charge is 0.490 e. The lowest BCUT2D eigenvalue weighted by Gasteiger charge is -2.23. The molecule has 3 heterocycles. The second kappa shape index (κ2) is 41.4. The van der Waals surface area contributed by atoms with Gasteiger partial charge in [0.05, 0.1) is 57.8 Å². The summed E-state index contributed by atoms with van der Waals surface area (Å²) in [4.78, 5) is 178. The van der Waals surface area contributed by atoms with Crippen LogP contribution in [0, 0.1) is 53.3 Å². The van der Waals surface area contributed by atoms with Gasteiger partial charge in [0.25, 0.3) is 17.7 Å². The molecule has 6 aromatic carbocycles. The van der Waals surface area contributed by atoms with Crippen molar-refractivity contribution in [2.75, 3.05) is 39.5 Å². The number of carbonyl (C=O) groups excluding carboxylic acids is 12. The fraction of sp³-hybridized carbons (Fsp3) is 0.394. The number of nitrogens with zero attached hydrogens (tertiary/aromatic N) is 3. The van der Waals surface area contributed by atoms with E-state index in [4.69, 9.17) is 33.5 Å². The Balaban J connectivity index is 0.000000139. The molecule has 6 aromatic rings. The van der Waals surface area contributed by atoms with Crippen LogP contribution >= 0.6 is 0 Å². The summed E-state index contributed by atoms with van der Waals surface area (Å²) >= 11 is 0. The summed E-state index contributed by atoms with van der Waals surface area (Å²) in [5, 5.41) is 25.4. The number of oxime groups is 3. The number of hydrogen-bond donors (Lipinski definition) is 12. The minimum atomic E-state index is -3.88. The van der Waals surface area contributed by atoms with Crippen molar-refractivity contribution in [2.45, 2.75) is 160 Å². The number of ether oxygens (including phenoxy) is 4. The predicted octanol–water partition coefficient (Wildman–Crippen LogP) is 6.26. The molecule has 0 saturated heterocycles. The van der Waals surface area contributed by atoms with Gasteiger partial charge in [0.1, 0.15) is 95.7 Å². The van der Waals surface area contributed by atoms with Crippen LogP contribution in [0.5, 0.6) is 17.2 Å². The first kappa shape index (κ1) is 101. The first-order chi connectivity index (χ1) is 70.8. The number of rotatable bonds is 18. The van der Waals surface area contributed by atoms with E-state index in [1.165, 1.54) is 18.2 Å². The second-order valence-electron chi connectivity index (χ2n) is 39.0. The molecule has 147 heavy (non-hydrogen) atoms. The first-order valence-electron chi connectivity index (χ1n) is 48.9. The molecule has 0 aromatic heterocycles. The van der Waals surface area contributed by atoms with Crippen LogP contribution in [0.15, 0.2) is 217 Å². The van der Waals surface area contributed by atoms with E-state index in [-0.39, 0.29) is 97.1 Å². The number of benzene rings is 6. The Kier molecular flexibility index (Phi) is 28.3. The van der Waals surface area contributed by atoms with Gasteiger partial charge >= 0.3 is 6.09 Å². The van der Waals surface area contributed by atoms with E-state index in [2.05, 4.69) is 97.7 Å². The van der Waals surface area contributed by atoms with Crippen molar-refractivity contribution in [1.29, 1.82) is 0 Å². The van der Waals surface area contributed by atoms with Gasteiger partial charge in [0.15, 0.2) is 0 Å². The van der Waals surface area contributed by atoms with Gasteiger partial charge < -0.3 is 60.0 Å². The summed E-state index contributed by atoms with van der Waals surface area (Å²) in [6, 6.07) is 40.5. The average molecular weight is 2070 g/mol. The van der Waals surface area contributed by atoms with Crippen molar-refractivity contribution in [3.63, 3.8) is 0 Å². The SMILES string of the molecule is C=C[C@@H]1C[C@]1(NC(=O)[C@@H]1C[C@@H]2C[C@H]1C(=O)NCC(=O)NC/C=C/COc1ccc3c(c1)/C(=N\O2)c1ccccc1-3)C(=O)NS(=O)(=O)C1CC1.C=C[C@@H]1C[C@]1(NC(=O)[C@@H]1C[C@@H]2C[C@H]1C(=O)NNC(=O)CC/C=C/COc1ccc3c(c1)/C(=N\O2)c1ccccc1-3)C(=O)NS(=O)(=O)C1CC1.C=C[C@@H]1C[C@]1(NC(=O)[C@@H]1C[C@@H]2C[C@H]1C(=O)NNC(=O)OC/C=C\COc1ccc3c(c1)/C(=N\O2)c1ccccc1-3)C(=O)NS(=O)(=O)C1CC1. The predicted molar refractivity (Wildman–Crippen MR) is 532 cm³/mol. The summed E-state index contributed by atoms with van der Waals surface area (Å²) in [5.74, 6) is -12.4. The molecule has 0 spiro atoms. The molecule has 15 aliphatic rings. The zero-order valence-corrected chi connectivity index (χ0v) is 82.1. The van der Waals surface area contributed by atoms with Crippen LogP contribution in [-0.4, -0.2) is 204 Å². The van der Waals surface area contributed by atoms with Crippen LogP contribution in [0.3, 0.4) is 0 Å². The zero-order valence-electron chi connectivity index (χ0n) is 79.6. The van der Waals surface area contributed by atoms with Crippen molar-refractivity contribution in [1.82, 2.24) is 62.5 Å². The van der Waals surface area contributed by atoms with E-state index in [9.17, 15) is 82.8 Å². The number of allylic oxidation sites excluding steroid dienone is 1. The van der Waals surface area contributed by atoms with Gasteiger partial charge in [0.2, 0.25) is 77.3 Å². The quantitative estimate of drug-likeness (QED) is 0.0421. The van der Waals surface area contributed by atoms with E-state index >= 15 is 0 Å². The summed E-state index contributed by atoms with van der Waals surface area (Å²) in [7, 11) is -11.6. The van der Waals surface area contributed by atoms with Crippen LogP contribution in [0.25, 0.3) is 33.4 Å². The molecule has 0 unspecified atom stereocenters.